The van der Waals surface area contributed by atoms with Crippen LogP contribution >= 0.6 is 0 Å². The largest absolute Gasteiger partial charge is 0.497 e. The number of hydrogen-bond acceptors (Lipinski definition) is 7. The Labute approximate surface area is 211 Å². The van der Waals surface area contributed by atoms with Crippen molar-refractivity contribution < 1.29 is 19.0 Å². The average molecular weight is 492 g/mol. The molecule has 0 spiro atoms. The first-order valence-electron chi connectivity index (χ1n) is 12.2. The number of allylic oxidation sites excluding steroid dienone is 1. The number of ether oxygens (including phenoxy) is 3. The number of amides is 1. The molecule has 0 saturated heterocycles. The highest BCUT2D eigenvalue weighted by Gasteiger charge is 2.33. The Morgan fingerprint density at radius 3 is 2.56 bits per heavy atom. The first-order valence-corrected chi connectivity index (χ1v) is 12.2. The van der Waals surface area contributed by atoms with Gasteiger partial charge in [-0.15, -0.1) is 0 Å². The zero-order valence-electron chi connectivity index (χ0n) is 21.2. The molecule has 3 aromatic rings. The Morgan fingerprint density at radius 1 is 1.06 bits per heavy atom. The first kappa shape index (κ1) is 25.1. The van der Waals surface area contributed by atoms with Crippen LogP contribution < -0.4 is 24.8 Å². The van der Waals surface area contributed by atoms with Gasteiger partial charge in [-0.3, -0.25) is 4.79 Å². The lowest BCUT2D eigenvalue weighted by molar-refractivity contribution is -0.113. The van der Waals surface area contributed by atoms with E-state index in [0.717, 1.165) is 17.7 Å². The fraction of sp³-hybridized carbons (Fsp3) is 0.370. The molecule has 4 rings (SSSR count). The Balaban J connectivity index is 1.60. The maximum Gasteiger partial charge on any atom is 0.255 e. The van der Waals surface area contributed by atoms with Gasteiger partial charge < -0.3 is 24.8 Å². The average Bonchev–Trinajstić information content (AvgIpc) is 3.36. The Morgan fingerprint density at radius 2 is 1.83 bits per heavy atom. The molecule has 0 saturated carbocycles. The second-order valence-electron chi connectivity index (χ2n) is 8.59. The van der Waals surface area contributed by atoms with Crippen LogP contribution in [0.1, 0.15) is 51.1 Å². The summed E-state index contributed by atoms with van der Waals surface area (Å²) >= 11 is 0. The quantitative estimate of drug-likeness (QED) is 0.357. The van der Waals surface area contributed by atoms with Crippen molar-refractivity contribution in [1.82, 2.24) is 14.8 Å². The van der Waals surface area contributed by atoms with E-state index in [-0.39, 0.29) is 5.91 Å². The van der Waals surface area contributed by atoms with Gasteiger partial charge in [-0.25, -0.2) is 4.68 Å². The Kier molecular flexibility index (Phi) is 8.10. The van der Waals surface area contributed by atoms with Crippen molar-refractivity contribution in [1.29, 1.82) is 0 Å². The fourth-order valence-corrected chi connectivity index (χ4v) is 4.26. The summed E-state index contributed by atoms with van der Waals surface area (Å²) in [7, 11) is 3.13. The molecule has 1 aliphatic rings. The molecule has 9 nitrogen and oxygen atoms in total. The lowest BCUT2D eigenvalue weighted by atomic mass is 9.95. The third kappa shape index (κ3) is 5.45. The minimum atomic E-state index is -0.473. The highest BCUT2D eigenvalue weighted by molar-refractivity contribution is 6.06. The summed E-state index contributed by atoms with van der Waals surface area (Å²) in [5.41, 5.74) is 2.61. The van der Waals surface area contributed by atoms with Gasteiger partial charge in [0.05, 0.1) is 32.1 Å². The standard InChI is InChI=1S/C27H33N5O4/c1-5-6-7-8-15-36-20-11-9-19(10-12-20)25-24(18(2)30-27-28-17-29-32(25)27)26(33)31-22-16-21(34-3)13-14-23(22)35-4/h9-14,16-17,25H,5-8,15H2,1-4H3,(H,31,33)(H,28,29,30)/t25-/m1/s1. The predicted octanol–water partition coefficient (Wildman–Crippen LogP) is 5.18. The van der Waals surface area contributed by atoms with Crippen molar-refractivity contribution in [2.45, 2.75) is 45.6 Å². The lowest BCUT2D eigenvalue weighted by Crippen LogP contribution is -2.31. The van der Waals surface area contributed by atoms with E-state index in [1.807, 2.05) is 31.2 Å². The smallest absolute Gasteiger partial charge is 0.255 e. The molecule has 0 fully saturated rings. The number of carbonyl (C=O) groups excluding carboxylic acids is 1. The fourth-order valence-electron chi connectivity index (χ4n) is 4.26. The Bertz CT molecular complexity index is 1220. The van der Waals surface area contributed by atoms with Crippen molar-refractivity contribution in [3.63, 3.8) is 0 Å². The van der Waals surface area contributed by atoms with E-state index < -0.39 is 6.04 Å². The van der Waals surface area contributed by atoms with Crippen molar-refractivity contribution >= 4 is 17.5 Å². The number of methoxy groups -OCH3 is 2. The van der Waals surface area contributed by atoms with Crippen LogP contribution in [0, 0.1) is 0 Å². The van der Waals surface area contributed by atoms with Crippen LogP contribution in [0.2, 0.25) is 0 Å². The second kappa shape index (κ2) is 11.6. The van der Waals surface area contributed by atoms with Gasteiger partial charge in [0.25, 0.3) is 5.91 Å². The van der Waals surface area contributed by atoms with Gasteiger partial charge in [-0.1, -0.05) is 38.3 Å². The van der Waals surface area contributed by atoms with Gasteiger partial charge in [-0.05, 0) is 43.2 Å². The van der Waals surface area contributed by atoms with Crippen LogP contribution in [0.15, 0.2) is 60.1 Å². The van der Waals surface area contributed by atoms with Gasteiger partial charge in [0.2, 0.25) is 5.95 Å². The van der Waals surface area contributed by atoms with Crippen molar-refractivity contribution in [2.24, 2.45) is 0 Å². The summed E-state index contributed by atoms with van der Waals surface area (Å²) in [6.45, 7) is 4.74. The molecule has 2 aromatic carbocycles. The summed E-state index contributed by atoms with van der Waals surface area (Å²) in [6.07, 6.45) is 6.09. The van der Waals surface area contributed by atoms with Gasteiger partial charge in [0, 0.05) is 11.8 Å². The molecule has 0 unspecified atom stereocenters. The van der Waals surface area contributed by atoms with Crippen LogP contribution in [-0.4, -0.2) is 41.5 Å². The monoisotopic (exact) mass is 491 g/mol. The predicted molar refractivity (Wildman–Crippen MR) is 139 cm³/mol. The van der Waals surface area contributed by atoms with Crippen molar-refractivity contribution in [2.75, 3.05) is 31.5 Å². The number of fused-ring (bicyclic) bond motifs is 1. The van der Waals surface area contributed by atoms with E-state index >= 15 is 0 Å². The van der Waals surface area contributed by atoms with Gasteiger partial charge >= 0.3 is 0 Å². The maximum atomic E-state index is 13.7. The number of anilines is 2. The topological polar surface area (TPSA) is 99.5 Å². The molecule has 36 heavy (non-hydrogen) atoms. The third-order valence-electron chi connectivity index (χ3n) is 6.16. The Hall–Kier alpha value is -4.01. The summed E-state index contributed by atoms with van der Waals surface area (Å²) in [4.78, 5) is 18.0. The van der Waals surface area contributed by atoms with Crippen LogP contribution in [0.5, 0.6) is 17.2 Å². The van der Waals surface area contributed by atoms with E-state index in [4.69, 9.17) is 14.2 Å². The summed E-state index contributed by atoms with van der Waals surface area (Å²) < 4.78 is 18.4. The molecular formula is C27H33N5O4. The number of aromatic nitrogens is 3. The van der Waals surface area contributed by atoms with E-state index in [2.05, 4.69) is 27.6 Å². The van der Waals surface area contributed by atoms with E-state index in [1.165, 1.54) is 25.6 Å². The van der Waals surface area contributed by atoms with Gasteiger partial charge in [-0.2, -0.15) is 10.1 Å². The zero-order chi connectivity index (χ0) is 25.5. The maximum absolute atomic E-state index is 13.7. The number of rotatable bonds is 11. The molecule has 190 valence electrons. The zero-order valence-corrected chi connectivity index (χ0v) is 21.2. The summed E-state index contributed by atoms with van der Waals surface area (Å²) in [6, 6.07) is 12.6. The molecule has 1 atom stereocenters. The number of benzene rings is 2. The highest BCUT2D eigenvalue weighted by Crippen LogP contribution is 2.37. The molecule has 2 N–H and O–H groups in total. The third-order valence-corrected chi connectivity index (χ3v) is 6.16. The molecule has 1 aliphatic heterocycles. The SMILES string of the molecule is CCCCCCOc1ccc([C@@H]2C(C(=O)Nc3cc(OC)ccc3OC)=C(C)Nc3ncnn32)cc1. The molecule has 1 aromatic heterocycles. The normalized spacial score (nSPS) is 14.6. The first-order chi connectivity index (χ1) is 17.5. The summed E-state index contributed by atoms with van der Waals surface area (Å²) in [5.74, 6) is 2.23. The van der Waals surface area contributed by atoms with Gasteiger partial charge in [0.1, 0.15) is 29.6 Å². The van der Waals surface area contributed by atoms with Crippen molar-refractivity contribution in [3.8, 4) is 17.2 Å². The number of nitrogens with zero attached hydrogens (tertiary/aromatic N) is 3. The highest BCUT2D eigenvalue weighted by atomic mass is 16.5. The molecule has 0 aliphatic carbocycles. The number of carbonyl (C=O) groups is 1. The molecule has 1 amide bonds. The second-order valence-corrected chi connectivity index (χ2v) is 8.59. The van der Waals surface area contributed by atoms with Crippen molar-refractivity contribution in [3.05, 3.63) is 65.6 Å². The van der Waals surface area contributed by atoms with Crippen LogP contribution in [0.4, 0.5) is 11.6 Å². The molecule has 0 bridgehead atoms. The van der Waals surface area contributed by atoms with Crippen LogP contribution in [-0.2, 0) is 4.79 Å². The molecule has 9 heteroatoms. The van der Waals surface area contributed by atoms with Crippen LogP contribution in [0.25, 0.3) is 0 Å². The number of hydrogen-bond donors (Lipinski definition) is 2. The van der Waals surface area contributed by atoms with Gasteiger partial charge in [0.15, 0.2) is 0 Å². The van der Waals surface area contributed by atoms with E-state index in [9.17, 15) is 4.79 Å². The van der Waals surface area contributed by atoms with E-state index in [1.54, 1.807) is 37.1 Å². The number of unbranched alkanes of at least 4 members (excludes halogenated alkanes) is 3. The minimum absolute atomic E-state index is 0.283. The number of nitrogens with one attached hydrogen (secondary N) is 2. The minimum Gasteiger partial charge on any atom is -0.497 e. The molecule has 2 heterocycles. The van der Waals surface area contributed by atoms with E-state index in [0.29, 0.717) is 41.0 Å². The molecule has 0 radical (unpaired) electrons. The van der Waals surface area contributed by atoms with Crippen LogP contribution in [0.3, 0.4) is 0 Å². The summed E-state index contributed by atoms with van der Waals surface area (Å²) in [5, 5.41) is 10.6. The molecular weight excluding hydrogens is 458 g/mol. The lowest BCUT2D eigenvalue weighted by Gasteiger charge is -2.29.